The molecule has 0 aliphatic heterocycles. The van der Waals surface area contributed by atoms with Crippen molar-refractivity contribution in [2.24, 2.45) is 0 Å². The highest BCUT2D eigenvalue weighted by molar-refractivity contribution is 7.47. The van der Waals surface area contributed by atoms with Crippen molar-refractivity contribution in [3.05, 3.63) is 72.9 Å². The van der Waals surface area contributed by atoms with Crippen LogP contribution in [0.3, 0.4) is 0 Å². The van der Waals surface area contributed by atoms with E-state index in [4.69, 9.17) is 37.0 Å². The minimum atomic E-state index is -4.98. The predicted octanol–water partition coefficient (Wildman–Crippen LogP) is 22.4. The third-order valence-electron chi connectivity index (χ3n) is 16.7. The van der Waals surface area contributed by atoms with Gasteiger partial charge in [0.05, 0.1) is 26.4 Å². The van der Waals surface area contributed by atoms with Gasteiger partial charge in [-0.25, -0.2) is 9.13 Å². The number of phosphoric ester groups is 2. The smallest absolute Gasteiger partial charge is 0.462 e. The maximum Gasteiger partial charge on any atom is 0.472 e. The zero-order chi connectivity index (χ0) is 71.8. The molecule has 0 aromatic rings. The van der Waals surface area contributed by atoms with Gasteiger partial charge in [0.2, 0.25) is 0 Å². The molecule has 0 saturated carbocycles. The van der Waals surface area contributed by atoms with Crippen molar-refractivity contribution < 1.29 is 80.2 Å². The lowest BCUT2D eigenvalue weighted by molar-refractivity contribution is -0.161. The minimum absolute atomic E-state index is 0.0927. The van der Waals surface area contributed by atoms with E-state index in [0.29, 0.717) is 25.7 Å². The van der Waals surface area contributed by atoms with E-state index in [1.165, 1.54) is 128 Å². The predicted molar refractivity (Wildman–Crippen MR) is 400 cm³/mol. The Balaban J connectivity index is 5.33. The van der Waals surface area contributed by atoms with Gasteiger partial charge in [0.25, 0.3) is 0 Å². The second-order valence-electron chi connectivity index (χ2n) is 26.3. The summed E-state index contributed by atoms with van der Waals surface area (Å²) >= 11 is 0. The molecule has 0 aromatic carbocycles. The van der Waals surface area contributed by atoms with E-state index < -0.39 is 97.5 Å². The average molecular weight is 1430 g/mol. The molecule has 0 bridgehead atoms. The number of hydrogen-bond donors (Lipinski definition) is 3. The van der Waals surface area contributed by atoms with Gasteiger partial charge < -0.3 is 33.8 Å². The normalized spacial score (nSPS) is 14.3. The highest BCUT2D eigenvalue weighted by atomic mass is 31.2. The standard InChI is InChI=1S/C79H142O17P2/c1-5-9-13-17-21-25-29-32-34-35-36-37-39-41-45-48-52-56-60-64-77(82)90-70-75(96-79(84)66-62-58-54-50-46-42-38-33-30-26-22-18-14-10-6-2)72-94-98(87,88)92-68-73(80)67-91-97(85,86)93-71-74(95-78(83)65-61-57-53-49-43-28-24-20-16-12-8-4)69-89-76(81)63-59-55-51-47-44-40-31-27-23-19-15-11-7-3/h9,13,21,25,27,31-32,34,36-37,41,45,73-75,80H,5-8,10-12,14-20,22-24,26,28-30,33,35,38-40,42-44,46-72H2,1-4H3,(H,85,86)(H,87,88)/b13-9-,25-21-,31-27-,34-32-,37-36-,45-41-. The summed E-state index contributed by atoms with van der Waals surface area (Å²) in [6.07, 6.45) is 71.7. The van der Waals surface area contributed by atoms with Crippen LogP contribution < -0.4 is 0 Å². The van der Waals surface area contributed by atoms with Crippen LogP contribution in [0.1, 0.15) is 349 Å². The van der Waals surface area contributed by atoms with Crippen molar-refractivity contribution in [3.8, 4) is 0 Å². The molecule has 98 heavy (non-hydrogen) atoms. The third kappa shape index (κ3) is 70.9. The summed E-state index contributed by atoms with van der Waals surface area (Å²) in [6, 6.07) is 0. The molecule has 0 fully saturated rings. The lowest BCUT2D eigenvalue weighted by Gasteiger charge is -2.21. The van der Waals surface area contributed by atoms with Crippen LogP contribution in [0.25, 0.3) is 0 Å². The Morgan fingerprint density at radius 1 is 0.296 bits per heavy atom. The Morgan fingerprint density at radius 2 is 0.531 bits per heavy atom. The van der Waals surface area contributed by atoms with Gasteiger partial charge in [-0.2, -0.15) is 0 Å². The fraction of sp³-hybridized carbons (Fsp3) is 0.797. The molecule has 0 spiro atoms. The molecule has 0 radical (unpaired) electrons. The number of rotatable bonds is 74. The highest BCUT2D eigenvalue weighted by Crippen LogP contribution is 2.45. The molecule has 0 rings (SSSR count). The Bertz CT molecular complexity index is 2140. The highest BCUT2D eigenvalue weighted by Gasteiger charge is 2.30. The lowest BCUT2D eigenvalue weighted by atomic mass is 10.0. The Kier molecular flexibility index (Phi) is 69.3. The molecule has 0 aliphatic carbocycles. The molecular weight excluding hydrogens is 1280 g/mol. The quantitative estimate of drug-likeness (QED) is 0.0169. The van der Waals surface area contributed by atoms with Crippen LogP contribution >= 0.6 is 15.6 Å². The molecule has 0 aliphatic rings. The molecule has 17 nitrogen and oxygen atoms in total. The first-order valence-corrected chi connectivity index (χ1v) is 42.2. The van der Waals surface area contributed by atoms with E-state index in [9.17, 15) is 43.2 Å². The van der Waals surface area contributed by atoms with Gasteiger partial charge in [0.15, 0.2) is 12.2 Å². The molecule has 19 heteroatoms. The molecule has 0 amide bonds. The minimum Gasteiger partial charge on any atom is -0.462 e. The van der Waals surface area contributed by atoms with E-state index in [1.807, 2.05) is 0 Å². The first kappa shape index (κ1) is 94.5. The van der Waals surface area contributed by atoms with E-state index in [1.54, 1.807) is 0 Å². The number of ether oxygens (including phenoxy) is 4. The lowest BCUT2D eigenvalue weighted by Crippen LogP contribution is -2.30. The Hall–Kier alpha value is -3.50. The molecule has 3 N–H and O–H groups in total. The molecule has 0 heterocycles. The summed E-state index contributed by atoms with van der Waals surface area (Å²) < 4.78 is 68.5. The van der Waals surface area contributed by atoms with Crippen molar-refractivity contribution in [1.82, 2.24) is 0 Å². The number of carbonyl (C=O) groups excluding carboxylic acids is 4. The van der Waals surface area contributed by atoms with Crippen LogP contribution in [0.4, 0.5) is 0 Å². The van der Waals surface area contributed by atoms with Crippen molar-refractivity contribution in [1.29, 1.82) is 0 Å². The summed E-state index contributed by atoms with van der Waals surface area (Å²) in [5, 5.41) is 10.6. The second kappa shape index (κ2) is 71.9. The zero-order valence-electron chi connectivity index (χ0n) is 62.2. The Labute approximate surface area is 596 Å². The van der Waals surface area contributed by atoms with Crippen LogP contribution in [0.2, 0.25) is 0 Å². The molecule has 5 atom stereocenters. The van der Waals surface area contributed by atoms with Crippen molar-refractivity contribution in [3.63, 3.8) is 0 Å². The van der Waals surface area contributed by atoms with Gasteiger partial charge >= 0.3 is 39.5 Å². The summed E-state index contributed by atoms with van der Waals surface area (Å²) in [4.78, 5) is 72.8. The van der Waals surface area contributed by atoms with Crippen LogP contribution in [-0.4, -0.2) is 96.7 Å². The van der Waals surface area contributed by atoms with Gasteiger partial charge in [-0.1, -0.05) is 300 Å². The van der Waals surface area contributed by atoms with E-state index in [-0.39, 0.29) is 25.7 Å². The summed E-state index contributed by atoms with van der Waals surface area (Å²) in [6.45, 7) is 4.75. The molecule has 0 saturated heterocycles. The van der Waals surface area contributed by atoms with Crippen LogP contribution in [0.15, 0.2) is 72.9 Å². The summed E-state index contributed by atoms with van der Waals surface area (Å²) in [5.74, 6) is -2.19. The van der Waals surface area contributed by atoms with Gasteiger partial charge in [0.1, 0.15) is 19.3 Å². The van der Waals surface area contributed by atoms with Crippen LogP contribution in [0, 0.1) is 0 Å². The number of allylic oxidation sites excluding steroid dienone is 12. The van der Waals surface area contributed by atoms with Gasteiger partial charge in [0, 0.05) is 25.7 Å². The first-order chi connectivity index (χ1) is 47.7. The number of aliphatic hydroxyl groups is 1. The van der Waals surface area contributed by atoms with E-state index >= 15 is 0 Å². The maximum absolute atomic E-state index is 13.1. The Morgan fingerprint density at radius 3 is 0.847 bits per heavy atom. The first-order valence-electron chi connectivity index (χ1n) is 39.2. The number of esters is 4. The maximum atomic E-state index is 13.1. The van der Waals surface area contributed by atoms with E-state index in [2.05, 4.69) is 101 Å². The van der Waals surface area contributed by atoms with Crippen LogP contribution in [0.5, 0.6) is 0 Å². The number of phosphoric acid groups is 2. The molecular formula is C79H142O17P2. The number of unbranched alkanes of at least 4 members (excludes halogenated alkanes) is 36. The monoisotopic (exact) mass is 1420 g/mol. The molecule has 570 valence electrons. The second-order valence-corrected chi connectivity index (χ2v) is 29.2. The van der Waals surface area contributed by atoms with Crippen molar-refractivity contribution in [2.45, 2.75) is 367 Å². The van der Waals surface area contributed by atoms with Crippen LogP contribution in [-0.2, 0) is 65.4 Å². The SMILES string of the molecule is CC/C=C\C/C=C\C/C=C\C/C=C\C/C=C\CCCCCC(=O)OCC(COP(=O)(O)OCC(O)COP(=O)(O)OCC(COC(=O)CCCCCCC/C=C\CCCCCC)OC(=O)CCCCCCCCCCCCC)OC(=O)CCCCCCCCCCCCCCCCC. The number of aliphatic hydroxyl groups excluding tert-OH is 1. The average Bonchev–Trinajstić information content (AvgIpc) is 0.992. The zero-order valence-corrected chi connectivity index (χ0v) is 64.0. The van der Waals surface area contributed by atoms with Gasteiger partial charge in [-0.05, 0) is 96.3 Å². The fourth-order valence-corrected chi connectivity index (χ4v) is 12.3. The number of hydrogen-bond acceptors (Lipinski definition) is 15. The van der Waals surface area contributed by atoms with Gasteiger partial charge in [-0.15, -0.1) is 0 Å². The summed E-state index contributed by atoms with van der Waals surface area (Å²) in [7, 11) is -9.94. The fourth-order valence-electron chi connectivity index (χ4n) is 10.7. The molecule has 0 aromatic heterocycles. The van der Waals surface area contributed by atoms with Crippen molar-refractivity contribution >= 4 is 39.5 Å². The largest absolute Gasteiger partial charge is 0.472 e. The van der Waals surface area contributed by atoms with E-state index in [0.717, 1.165) is 141 Å². The third-order valence-corrected chi connectivity index (χ3v) is 18.6. The van der Waals surface area contributed by atoms with Gasteiger partial charge in [-0.3, -0.25) is 37.3 Å². The topological polar surface area (TPSA) is 237 Å². The number of carbonyl (C=O) groups is 4. The summed E-state index contributed by atoms with van der Waals surface area (Å²) in [5.41, 5.74) is 0. The molecule has 5 unspecified atom stereocenters. The van der Waals surface area contributed by atoms with Crippen molar-refractivity contribution in [2.75, 3.05) is 39.6 Å².